The Balaban J connectivity index is 1.96. The quantitative estimate of drug-likeness (QED) is 0.882. The van der Waals surface area contributed by atoms with E-state index in [4.69, 9.17) is 5.73 Å². The third-order valence-corrected chi connectivity index (χ3v) is 5.37. The lowest BCUT2D eigenvalue weighted by molar-refractivity contribution is -0.119. The molecule has 25 heavy (non-hydrogen) atoms. The molecule has 2 N–H and O–H groups in total. The summed E-state index contributed by atoms with van der Waals surface area (Å²) >= 11 is 0. The van der Waals surface area contributed by atoms with Crippen LogP contribution in [0.4, 0.5) is 5.69 Å². The summed E-state index contributed by atoms with van der Waals surface area (Å²) < 4.78 is 0. The van der Waals surface area contributed by atoms with E-state index in [9.17, 15) is 4.79 Å². The highest BCUT2D eigenvalue weighted by Crippen LogP contribution is 2.38. The molecule has 2 aromatic carbocycles. The van der Waals surface area contributed by atoms with E-state index in [-0.39, 0.29) is 17.7 Å². The number of benzene rings is 2. The molecule has 0 spiro atoms. The summed E-state index contributed by atoms with van der Waals surface area (Å²) in [5.74, 6) is -0.533. The van der Waals surface area contributed by atoms with Crippen LogP contribution in [0.2, 0.25) is 0 Å². The Kier molecular flexibility index (Phi) is 5.42. The Morgan fingerprint density at radius 3 is 2.28 bits per heavy atom. The second-order valence-corrected chi connectivity index (χ2v) is 7.19. The van der Waals surface area contributed by atoms with Crippen LogP contribution in [0, 0.1) is 6.92 Å². The minimum absolute atomic E-state index is 0.0401. The molecule has 132 valence electrons. The highest BCUT2D eigenvalue weighted by atomic mass is 16.1. The van der Waals surface area contributed by atoms with Gasteiger partial charge in [-0.2, -0.15) is 0 Å². The van der Waals surface area contributed by atoms with Gasteiger partial charge in [-0.05, 0) is 49.3 Å². The highest BCUT2D eigenvalue weighted by molar-refractivity contribution is 5.83. The first-order chi connectivity index (χ1) is 12.1. The fourth-order valence-electron chi connectivity index (χ4n) is 3.95. The van der Waals surface area contributed by atoms with Crippen molar-refractivity contribution in [1.29, 1.82) is 0 Å². The molecule has 0 saturated carbocycles. The van der Waals surface area contributed by atoms with E-state index in [2.05, 4.69) is 55.1 Å². The average Bonchev–Trinajstić information content (AvgIpc) is 2.64. The lowest BCUT2D eigenvalue weighted by atomic mass is 9.81. The monoisotopic (exact) mass is 336 g/mol. The van der Waals surface area contributed by atoms with Gasteiger partial charge in [0.25, 0.3) is 0 Å². The number of nitrogens with two attached hydrogens (primary N) is 1. The normalized spacial score (nSPS) is 17.1. The van der Waals surface area contributed by atoms with Crippen LogP contribution in [0.5, 0.6) is 0 Å². The number of aryl methyl sites for hydroxylation is 1. The van der Waals surface area contributed by atoms with Gasteiger partial charge in [-0.1, -0.05) is 55.0 Å². The van der Waals surface area contributed by atoms with Crippen molar-refractivity contribution < 1.29 is 4.79 Å². The molecule has 2 atom stereocenters. The summed E-state index contributed by atoms with van der Waals surface area (Å²) in [6, 6.07) is 16.7. The highest BCUT2D eigenvalue weighted by Gasteiger charge is 2.28. The molecule has 1 aliphatic rings. The minimum atomic E-state index is -0.313. The Hall–Kier alpha value is -2.29. The van der Waals surface area contributed by atoms with Gasteiger partial charge in [0.1, 0.15) is 0 Å². The molecule has 1 aliphatic heterocycles. The summed E-state index contributed by atoms with van der Waals surface area (Å²) in [6.07, 6.45) is 3.78. The lowest BCUT2D eigenvalue weighted by Crippen LogP contribution is -2.32. The number of para-hydroxylation sites is 1. The number of carbonyl (C=O) groups is 1. The largest absolute Gasteiger partial charge is 0.371 e. The first-order valence-corrected chi connectivity index (χ1v) is 9.27. The second-order valence-electron chi connectivity index (χ2n) is 7.19. The van der Waals surface area contributed by atoms with Crippen molar-refractivity contribution in [2.45, 2.75) is 44.9 Å². The molecule has 1 saturated heterocycles. The van der Waals surface area contributed by atoms with Gasteiger partial charge in [0, 0.05) is 18.8 Å². The van der Waals surface area contributed by atoms with Crippen LogP contribution in [0.3, 0.4) is 0 Å². The topological polar surface area (TPSA) is 46.3 Å². The third-order valence-electron chi connectivity index (χ3n) is 5.37. The van der Waals surface area contributed by atoms with Crippen molar-refractivity contribution in [3.05, 3.63) is 65.2 Å². The molecule has 3 nitrogen and oxygen atoms in total. The van der Waals surface area contributed by atoms with Crippen molar-refractivity contribution in [1.82, 2.24) is 0 Å². The predicted octanol–water partition coefficient (Wildman–Crippen LogP) is 4.36. The van der Waals surface area contributed by atoms with Gasteiger partial charge in [0.15, 0.2) is 0 Å². The number of anilines is 1. The SMILES string of the molecule is Cc1ccc(C(C(N)=O)C(C)c2ccccc2N2CCCCC2)cc1. The first-order valence-electron chi connectivity index (χ1n) is 9.27. The minimum Gasteiger partial charge on any atom is -0.371 e. The van der Waals surface area contributed by atoms with Crippen LogP contribution in [-0.2, 0) is 4.79 Å². The van der Waals surface area contributed by atoms with Gasteiger partial charge in [0.2, 0.25) is 5.91 Å². The summed E-state index contributed by atoms with van der Waals surface area (Å²) in [5.41, 5.74) is 10.5. The van der Waals surface area contributed by atoms with Crippen LogP contribution >= 0.6 is 0 Å². The van der Waals surface area contributed by atoms with Gasteiger partial charge < -0.3 is 10.6 Å². The van der Waals surface area contributed by atoms with Gasteiger partial charge in [0.05, 0.1) is 5.92 Å². The fourth-order valence-corrected chi connectivity index (χ4v) is 3.95. The van der Waals surface area contributed by atoms with Crippen LogP contribution in [0.1, 0.15) is 54.7 Å². The van der Waals surface area contributed by atoms with E-state index in [1.54, 1.807) is 0 Å². The van der Waals surface area contributed by atoms with Crippen LogP contribution in [0.25, 0.3) is 0 Å². The van der Waals surface area contributed by atoms with Crippen molar-refractivity contribution in [2.75, 3.05) is 18.0 Å². The summed E-state index contributed by atoms with van der Waals surface area (Å²) in [5, 5.41) is 0. The molecule has 0 bridgehead atoms. The molecular formula is C22H28N2O. The number of primary amides is 1. The standard InChI is InChI=1S/C22H28N2O/c1-16-10-12-18(13-11-16)21(22(23)25)17(2)19-8-4-5-9-20(19)24-14-6-3-7-15-24/h4-5,8-13,17,21H,3,6-7,14-15H2,1-2H3,(H2,23,25). The first kappa shape index (κ1) is 17.5. The van der Waals surface area contributed by atoms with Crippen molar-refractivity contribution in [3.8, 4) is 0 Å². The van der Waals surface area contributed by atoms with Crippen LogP contribution in [0.15, 0.2) is 48.5 Å². The van der Waals surface area contributed by atoms with E-state index in [1.807, 2.05) is 12.1 Å². The molecule has 2 unspecified atom stereocenters. The lowest BCUT2D eigenvalue weighted by Gasteiger charge is -2.33. The Bertz CT molecular complexity index is 717. The average molecular weight is 336 g/mol. The number of rotatable bonds is 5. The summed E-state index contributed by atoms with van der Waals surface area (Å²) in [7, 11) is 0. The zero-order chi connectivity index (χ0) is 17.8. The number of carbonyl (C=O) groups excluding carboxylic acids is 1. The maximum absolute atomic E-state index is 12.3. The molecule has 0 radical (unpaired) electrons. The Morgan fingerprint density at radius 2 is 1.64 bits per heavy atom. The van der Waals surface area contributed by atoms with Crippen molar-refractivity contribution in [2.24, 2.45) is 5.73 Å². The van der Waals surface area contributed by atoms with E-state index < -0.39 is 0 Å². The molecule has 1 amide bonds. The van der Waals surface area contributed by atoms with Gasteiger partial charge in [-0.15, -0.1) is 0 Å². The Morgan fingerprint density at radius 1 is 1.00 bits per heavy atom. The number of hydrogen-bond acceptors (Lipinski definition) is 2. The molecule has 1 heterocycles. The molecule has 1 fully saturated rings. The van der Waals surface area contributed by atoms with E-state index in [0.717, 1.165) is 18.7 Å². The smallest absolute Gasteiger partial charge is 0.225 e. The van der Waals surface area contributed by atoms with Crippen LogP contribution < -0.4 is 10.6 Å². The zero-order valence-electron chi connectivity index (χ0n) is 15.2. The maximum atomic E-state index is 12.3. The van der Waals surface area contributed by atoms with Crippen molar-refractivity contribution >= 4 is 11.6 Å². The molecule has 0 aromatic heterocycles. The van der Waals surface area contributed by atoms with E-state index in [0.29, 0.717) is 0 Å². The zero-order valence-corrected chi connectivity index (χ0v) is 15.2. The summed E-state index contributed by atoms with van der Waals surface area (Å²) in [4.78, 5) is 14.8. The third kappa shape index (κ3) is 3.87. The number of piperidine rings is 1. The molecular weight excluding hydrogens is 308 g/mol. The molecule has 2 aromatic rings. The number of hydrogen-bond donors (Lipinski definition) is 1. The van der Waals surface area contributed by atoms with E-state index >= 15 is 0 Å². The predicted molar refractivity (Wildman–Crippen MR) is 104 cm³/mol. The maximum Gasteiger partial charge on any atom is 0.225 e. The molecule has 3 heteroatoms. The van der Waals surface area contributed by atoms with E-state index in [1.165, 1.54) is 36.1 Å². The fraction of sp³-hybridized carbons (Fsp3) is 0.409. The van der Waals surface area contributed by atoms with Crippen molar-refractivity contribution in [3.63, 3.8) is 0 Å². The van der Waals surface area contributed by atoms with Crippen LogP contribution in [-0.4, -0.2) is 19.0 Å². The molecule has 3 rings (SSSR count). The summed E-state index contributed by atoms with van der Waals surface area (Å²) in [6.45, 7) is 6.36. The van der Waals surface area contributed by atoms with Gasteiger partial charge in [-0.25, -0.2) is 0 Å². The number of amides is 1. The Labute approximate surface area is 150 Å². The molecule has 0 aliphatic carbocycles. The number of nitrogens with zero attached hydrogens (tertiary/aromatic N) is 1. The second kappa shape index (κ2) is 7.73. The van der Waals surface area contributed by atoms with Gasteiger partial charge >= 0.3 is 0 Å². The van der Waals surface area contributed by atoms with Gasteiger partial charge in [-0.3, -0.25) is 4.79 Å².